The van der Waals surface area contributed by atoms with E-state index in [0.717, 1.165) is 11.1 Å². The van der Waals surface area contributed by atoms with E-state index in [9.17, 15) is 14.4 Å². The zero-order valence-corrected chi connectivity index (χ0v) is 19.9. The highest BCUT2D eigenvalue weighted by atomic mass is 79.9. The summed E-state index contributed by atoms with van der Waals surface area (Å²) in [6.45, 7) is 5.32. The molecule has 0 fully saturated rings. The number of halogens is 1. The summed E-state index contributed by atoms with van der Waals surface area (Å²) in [6.07, 6.45) is 0. The lowest BCUT2D eigenvalue weighted by Gasteiger charge is -2.12. The van der Waals surface area contributed by atoms with Gasteiger partial charge in [0.25, 0.3) is 0 Å². The normalized spacial score (nSPS) is 11.0. The smallest absolute Gasteiger partial charge is 0.344 e. The molecule has 0 spiro atoms. The molecular weight excluding hydrogens is 486 g/mol. The number of nitrogens with zero attached hydrogens (tertiary/aromatic N) is 1. The highest BCUT2D eigenvalue weighted by Gasteiger charge is 2.17. The van der Waals surface area contributed by atoms with E-state index in [-0.39, 0.29) is 5.75 Å². The van der Waals surface area contributed by atoms with Crippen LogP contribution in [0.2, 0.25) is 0 Å². The van der Waals surface area contributed by atoms with Gasteiger partial charge < -0.3 is 10.1 Å². The Hall–Kier alpha value is -3.78. The summed E-state index contributed by atoms with van der Waals surface area (Å²) >= 11 is 3.33. The summed E-state index contributed by atoms with van der Waals surface area (Å²) < 4.78 is 6.16. The van der Waals surface area contributed by atoms with Gasteiger partial charge in [-0.3, -0.25) is 9.59 Å². The number of benzene rings is 3. The molecule has 0 aliphatic heterocycles. The van der Waals surface area contributed by atoms with Crippen molar-refractivity contribution in [3.8, 4) is 5.75 Å². The molecular formula is C25H22BrN3O4. The SMILES string of the molecule is C/C(=N\NC(=O)C(=O)Nc1c(C)cccc1C)c1ccccc1OC(=O)c1ccccc1Br. The summed E-state index contributed by atoms with van der Waals surface area (Å²) in [7, 11) is 0. The minimum Gasteiger partial charge on any atom is -0.422 e. The molecule has 168 valence electrons. The number of ether oxygens (including phenoxy) is 1. The van der Waals surface area contributed by atoms with Gasteiger partial charge in [-0.2, -0.15) is 5.10 Å². The van der Waals surface area contributed by atoms with Gasteiger partial charge in [0.2, 0.25) is 0 Å². The summed E-state index contributed by atoms with van der Waals surface area (Å²) in [6, 6.07) is 19.3. The Morgan fingerprint density at radius 2 is 1.42 bits per heavy atom. The fraction of sp³-hybridized carbons (Fsp3) is 0.120. The summed E-state index contributed by atoms with van der Waals surface area (Å²) in [5.74, 6) is -2.02. The van der Waals surface area contributed by atoms with E-state index >= 15 is 0 Å². The number of esters is 1. The van der Waals surface area contributed by atoms with Crippen LogP contribution in [-0.4, -0.2) is 23.5 Å². The van der Waals surface area contributed by atoms with E-state index in [2.05, 4.69) is 31.8 Å². The average molecular weight is 508 g/mol. The lowest BCUT2D eigenvalue weighted by Crippen LogP contribution is -2.33. The summed E-state index contributed by atoms with van der Waals surface area (Å²) in [5, 5.41) is 6.62. The summed E-state index contributed by atoms with van der Waals surface area (Å²) in [4.78, 5) is 37.2. The van der Waals surface area contributed by atoms with Crippen molar-refractivity contribution in [2.45, 2.75) is 20.8 Å². The number of aryl methyl sites for hydroxylation is 2. The quantitative estimate of drug-likeness (QED) is 0.171. The number of para-hydroxylation sites is 2. The van der Waals surface area contributed by atoms with Crippen LogP contribution in [-0.2, 0) is 9.59 Å². The molecule has 0 heterocycles. The monoisotopic (exact) mass is 507 g/mol. The molecule has 0 aliphatic rings. The number of carbonyl (C=O) groups is 3. The maximum atomic E-state index is 12.6. The fourth-order valence-electron chi connectivity index (χ4n) is 3.06. The minimum absolute atomic E-state index is 0.272. The predicted molar refractivity (Wildman–Crippen MR) is 130 cm³/mol. The second kappa shape index (κ2) is 10.7. The molecule has 0 aliphatic carbocycles. The molecule has 0 saturated heterocycles. The molecule has 3 aromatic rings. The number of anilines is 1. The molecule has 0 unspecified atom stereocenters. The zero-order chi connectivity index (χ0) is 24.0. The highest BCUT2D eigenvalue weighted by Crippen LogP contribution is 2.23. The lowest BCUT2D eigenvalue weighted by molar-refractivity contribution is -0.136. The van der Waals surface area contributed by atoms with Gasteiger partial charge >= 0.3 is 17.8 Å². The van der Waals surface area contributed by atoms with Crippen LogP contribution in [0.3, 0.4) is 0 Å². The van der Waals surface area contributed by atoms with E-state index in [0.29, 0.717) is 27.0 Å². The number of hydrogen-bond donors (Lipinski definition) is 2. The van der Waals surface area contributed by atoms with Gasteiger partial charge in [0.1, 0.15) is 5.75 Å². The van der Waals surface area contributed by atoms with E-state index in [1.54, 1.807) is 55.5 Å². The van der Waals surface area contributed by atoms with E-state index in [1.165, 1.54) is 0 Å². The number of hydrazone groups is 1. The van der Waals surface area contributed by atoms with Gasteiger partial charge in [-0.1, -0.05) is 42.5 Å². The van der Waals surface area contributed by atoms with Crippen molar-refractivity contribution in [1.82, 2.24) is 5.43 Å². The molecule has 3 rings (SSSR count). The van der Waals surface area contributed by atoms with Crippen molar-refractivity contribution in [3.05, 3.63) is 93.5 Å². The first kappa shape index (κ1) is 23.9. The zero-order valence-electron chi connectivity index (χ0n) is 18.3. The molecule has 7 nitrogen and oxygen atoms in total. The third-order valence-electron chi connectivity index (χ3n) is 4.82. The highest BCUT2D eigenvalue weighted by molar-refractivity contribution is 9.10. The van der Waals surface area contributed by atoms with Crippen LogP contribution < -0.4 is 15.5 Å². The van der Waals surface area contributed by atoms with Crippen LogP contribution in [0, 0.1) is 13.8 Å². The van der Waals surface area contributed by atoms with Crippen molar-refractivity contribution >= 4 is 45.1 Å². The summed E-state index contributed by atoms with van der Waals surface area (Å²) in [5.41, 5.74) is 5.75. The van der Waals surface area contributed by atoms with Crippen molar-refractivity contribution in [2.75, 3.05) is 5.32 Å². The van der Waals surface area contributed by atoms with E-state index in [1.807, 2.05) is 32.0 Å². The predicted octanol–water partition coefficient (Wildman–Crippen LogP) is 4.76. The van der Waals surface area contributed by atoms with Crippen LogP contribution in [0.4, 0.5) is 5.69 Å². The van der Waals surface area contributed by atoms with Crippen LogP contribution in [0.5, 0.6) is 5.75 Å². The van der Waals surface area contributed by atoms with Crippen molar-refractivity contribution in [3.63, 3.8) is 0 Å². The number of carbonyl (C=O) groups excluding carboxylic acids is 3. The van der Waals surface area contributed by atoms with Gasteiger partial charge in [-0.25, -0.2) is 10.2 Å². The molecule has 3 aromatic carbocycles. The molecule has 8 heteroatoms. The maximum Gasteiger partial charge on any atom is 0.344 e. The van der Waals surface area contributed by atoms with Crippen LogP contribution >= 0.6 is 15.9 Å². The van der Waals surface area contributed by atoms with Crippen LogP contribution in [0.15, 0.2) is 76.3 Å². The fourth-order valence-corrected chi connectivity index (χ4v) is 3.51. The first-order chi connectivity index (χ1) is 15.8. The molecule has 2 N–H and O–H groups in total. The molecule has 0 atom stereocenters. The third-order valence-corrected chi connectivity index (χ3v) is 5.52. The third kappa shape index (κ3) is 5.93. The molecule has 0 aromatic heterocycles. The number of hydrogen-bond acceptors (Lipinski definition) is 5. The first-order valence-electron chi connectivity index (χ1n) is 10.1. The van der Waals surface area contributed by atoms with Gasteiger partial charge in [-0.05, 0) is 72.1 Å². The minimum atomic E-state index is -0.917. The molecule has 33 heavy (non-hydrogen) atoms. The van der Waals surface area contributed by atoms with Gasteiger partial charge in [0.15, 0.2) is 0 Å². The maximum absolute atomic E-state index is 12.6. The van der Waals surface area contributed by atoms with Crippen LogP contribution in [0.25, 0.3) is 0 Å². The molecule has 2 amide bonds. The Kier molecular flexibility index (Phi) is 7.74. The molecule has 0 saturated carbocycles. The van der Waals surface area contributed by atoms with Crippen molar-refractivity contribution < 1.29 is 19.1 Å². The second-order valence-electron chi connectivity index (χ2n) is 7.22. The molecule has 0 bridgehead atoms. The lowest BCUT2D eigenvalue weighted by atomic mass is 10.1. The standard InChI is InChI=1S/C25H22BrN3O4/c1-15-9-8-10-16(2)22(15)27-23(30)24(31)29-28-17(3)18-11-5-7-14-21(18)33-25(32)19-12-4-6-13-20(19)26/h4-14H,1-3H3,(H,27,30)(H,29,31)/b28-17+. The number of amides is 2. The van der Waals surface area contributed by atoms with Crippen molar-refractivity contribution in [2.24, 2.45) is 5.10 Å². The largest absolute Gasteiger partial charge is 0.422 e. The Morgan fingerprint density at radius 3 is 2.09 bits per heavy atom. The Balaban J connectivity index is 1.72. The number of nitrogens with one attached hydrogen (secondary N) is 2. The van der Waals surface area contributed by atoms with Gasteiger partial charge in [0.05, 0.1) is 11.3 Å². The van der Waals surface area contributed by atoms with Gasteiger partial charge in [0, 0.05) is 15.7 Å². The van der Waals surface area contributed by atoms with E-state index < -0.39 is 17.8 Å². The Morgan fingerprint density at radius 1 is 0.818 bits per heavy atom. The first-order valence-corrected chi connectivity index (χ1v) is 10.8. The molecule has 0 radical (unpaired) electrons. The Bertz CT molecular complexity index is 1230. The number of rotatable bonds is 5. The average Bonchev–Trinajstić information content (AvgIpc) is 2.80. The van der Waals surface area contributed by atoms with Gasteiger partial charge in [-0.15, -0.1) is 0 Å². The van der Waals surface area contributed by atoms with Crippen molar-refractivity contribution in [1.29, 1.82) is 0 Å². The second-order valence-corrected chi connectivity index (χ2v) is 8.08. The topological polar surface area (TPSA) is 96.9 Å². The van der Waals surface area contributed by atoms with Crippen LogP contribution in [0.1, 0.15) is 34.0 Å². The Labute approximate surface area is 200 Å². The van der Waals surface area contributed by atoms with E-state index in [4.69, 9.17) is 4.74 Å².